The Balaban J connectivity index is 1.82. The molecule has 1 N–H and O–H groups in total. The van der Waals surface area contributed by atoms with Gasteiger partial charge in [0, 0.05) is 11.6 Å². The van der Waals surface area contributed by atoms with Crippen LogP contribution in [0.4, 0.5) is 14.5 Å². The van der Waals surface area contributed by atoms with E-state index in [4.69, 9.17) is 4.52 Å². The molecule has 0 spiro atoms. The van der Waals surface area contributed by atoms with Crippen LogP contribution in [0, 0.1) is 11.6 Å². The minimum atomic E-state index is -0.639. The van der Waals surface area contributed by atoms with Crippen molar-refractivity contribution in [3.05, 3.63) is 72.0 Å². The predicted molar refractivity (Wildman–Crippen MR) is 76.3 cm³/mol. The normalized spacial score (nSPS) is 10.5. The Kier molecular flexibility index (Phi) is 3.65. The van der Waals surface area contributed by atoms with Crippen molar-refractivity contribution in [1.82, 2.24) is 5.16 Å². The molecule has 2 aromatic carbocycles. The van der Waals surface area contributed by atoms with Crippen molar-refractivity contribution in [2.75, 3.05) is 5.32 Å². The minimum absolute atomic E-state index is 0.0382. The van der Waals surface area contributed by atoms with Gasteiger partial charge in [0.05, 0.1) is 5.69 Å². The zero-order chi connectivity index (χ0) is 15.5. The first-order chi connectivity index (χ1) is 10.6. The van der Waals surface area contributed by atoms with Gasteiger partial charge in [0.15, 0.2) is 0 Å². The fraction of sp³-hybridized carbons (Fsp3) is 0. The summed E-state index contributed by atoms with van der Waals surface area (Å²) in [5, 5.41) is 6.10. The van der Waals surface area contributed by atoms with E-state index in [2.05, 4.69) is 10.5 Å². The number of carbonyl (C=O) groups excluding carboxylic acids is 1. The summed E-state index contributed by atoms with van der Waals surface area (Å²) in [4.78, 5) is 12.0. The van der Waals surface area contributed by atoms with Crippen LogP contribution in [0.2, 0.25) is 0 Å². The third-order valence-electron chi connectivity index (χ3n) is 2.98. The van der Waals surface area contributed by atoms with E-state index in [0.29, 0.717) is 11.3 Å². The molecule has 0 atom stereocenters. The number of aromatic nitrogens is 1. The molecule has 0 saturated heterocycles. The van der Waals surface area contributed by atoms with E-state index in [9.17, 15) is 13.6 Å². The molecule has 0 aliphatic rings. The van der Waals surface area contributed by atoms with Crippen molar-refractivity contribution < 1.29 is 18.1 Å². The number of carbonyl (C=O) groups is 1. The Morgan fingerprint density at radius 1 is 1.05 bits per heavy atom. The number of halogens is 2. The van der Waals surface area contributed by atoms with Crippen molar-refractivity contribution in [3.63, 3.8) is 0 Å². The first-order valence-electron chi connectivity index (χ1n) is 6.42. The summed E-state index contributed by atoms with van der Waals surface area (Å²) < 4.78 is 31.6. The maximum atomic E-state index is 13.5. The Hall–Kier alpha value is -3.02. The van der Waals surface area contributed by atoms with E-state index < -0.39 is 17.5 Å². The molecule has 0 fully saturated rings. The highest BCUT2D eigenvalue weighted by Gasteiger charge is 2.15. The lowest BCUT2D eigenvalue weighted by Crippen LogP contribution is -2.11. The summed E-state index contributed by atoms with van der Waals surface area (Å²) in [6.45, 7) is 0. The minimum Gasteiger partial charge on any atom is -0.350 e. The highest BCUT2D eigenvalue weighted by atomic mass is 19.1. The smallest absolute Gasteiger partial charge is 0.294 e. The molecule has 0 unspecified atom stereocenters. The molecule has 3 rings (SSSR count). The van der Waals surface area contributed by atoms with Gasteiger partial charge in [-0.3, -0.25) is 4.79 Å². The van der Waals surface area contributed by atoms with Gasteiger partial charge in [-0.2, -0.15) is 0 Å². The van der Waals surface area contributed by atoms with Gasteiger partial charge in [-0.1, -0.05) is 29.4 Å². The fourth-order valence-electron chi connectivity index (χ4n) is 1.91. The van der Waals surface area contributed by atoms with Gasteiger partial charge in [-0.05, 0) is 24.3 Å². The molecule has 22 heavy (non-hydrogen) atoms. The number of anilines is 1. The molecule has 0 aliphatic carbocycles. The number of hydrogen-bond donors (Lipinski definition) is 1. The molecule has 0 saturated carbocycles. The van der Waals surface area contributed by atoms with Gasteiger partial charge in [-0.25, -0.2) is 8.78 Å². The molecule has 3 aromatic rings. The lowest BCUT2D eigenvalue weighted by molar-refractivity contribution is 0.0987. The molecule has 1 aromatic heterocycles. The Bertz CT molecular complexity index is 830. The van der Waals surface area contributed by atoms with Crippen LogP contribution in [0.1, 0.15) is 10.6 Å². The van der Waals surface area contributed by atoms with Crippen LogP contribution in [0.3, 0.4) is 0 Å². The molecular formula is C16H10F2N2O2. The number of nitrogens with one attached hydrogen (secondary N) is 1. The third kappa shape index (κ3) is 2.85. The first kappa shape index (κ1) is 13.9. The van der Waals surface area contributed by atoms with E-state index in [1.165, 1.54) is 42.5 Å². The highest BCUT2D eigenvalue weighted by molar-refractivity contribution is 6.02. The Morgan fingerprint density at radius 2 is 1.86 bits per heavy atom. The lowest BCUT2D eigenvalue weighted by Gasteiger charge is -2.02. The summed E-state index contributed by atoms with van der Waals surface area (Å²) in [5.74, 6) is -1.71. The maximum absolute atomic E-state index is 13.5. The van der Waals surface area contributed by atoms with Gasteiger partial charge in [0.25, 0.3) is 5.91 Å². The largest absolute Gasteiger partial charge is 0.350 e. The number of para-hydroxylation sites is 1. The Morgan fingerprint density at radius 3 is 2.64 bits per heavy atom. The second-order valence-corrected chi connectivity index (χ2v) is 4.52. The van der Waals surface area contributed by atoms with Crippen LogP contribution >= 0.6 is 0 Å². The summed E-state index contributed by atoms with van der Waals surface area (Å²) in [6.07, 6.45) is 0. The van der Waals surface area contributed by atoms with Crippen LogP contribution in [0.25, 0.3) is 11.3 Å². The quantitative estimate of drug-likeness (QED) is 0.798. The monoisotopic (exact) mass is 300 g/mol. The van der Waals surface area contributed by atoms with Gasteiger partial charge < -0.3 is 9.84 Å². The third-order valence-corrected chi connectivity index (χ3v) is 2.98. The second kappa shape index (κ2) is 5.77. The molecule has 1 amide bonds. The van der Waals surface area contributed by atoms with Gasteiger partial charge in [0.1, 0.15) is 17.3 Å². The first-order valence-corrected chi connectivity index (χ1v) is 6.42. The standard InChI is InChI=1S/C16H10F2N2O2/c17-11-5-3-4-10(8-11)14-9-15(22-20-14)16(21)19-13-7-2-1-6-12(13)18/h1-9H,(H,19,21). The number of nitrogens with zero attached hydrogens (tertiary/aromatic N) is 1. The van der Waals surface area contributed by atoms with Crippen molar-refractivity contribution in [2.45, 2.75) is 0 Å². The van der Waals surface area contributed by atoms with Crippen molar-refractivity contribution in [2.24, 2.45) is 0 Å². The van der Waals surface area contributed by atoms with Crippen LogP contribution in [-0.4, -0.2) is 11.1 Å². The predicted octanol–water partition coefficient (Wildman–Crippen LogP) is 3.87. The van der Waals surface area contributed by atoms with Crippen LogP contribution in [0.15, 0.2) is 59.1 Å². The van der Waals surface area contributed by atoms with E-state index in [-0.39, 0.29) is 11.4 Å². The molecule has 0 aliphatic heterocycles. The Labute approximate surface area is 124 Å². The summed E-state index contributed by atoms with van der Waals surface area (Å²) in [5.41, 5.74) is 0.836. The van der Waals surface area contributed by atoms with Crippen LogP contribution < -0.4 is 5.32 Å². The fourth-order valence-corrected chi connectivity index (χ4v) is 1.91. The van der Waals surface area contributed by atoms with Gasteiger partial charge in [-0.15, -0.1) is 0 Å². The molecule has 0 radical (unpaired) electrons. The SMILES string of the molecule is O=C(Nc1ccccc1F)c1cc(-c2cccc(F)c2)no1. The summed E-state index contributed by atoms with van der Waals surface area (Å²) in [7, 11) is 0. The van der Waals surface area contributed by atoms with Crippen molar-refractivity contribution in [1.29, 1.82) is 0 Å². The van der Waals surface area contributed by atoms with Crippen molar-refractivity contribution >= 4 is 11.6 Å². The van der Waals surface area contributed by atoms with Gasteiger partial charge >= 0.3 is 0 Å². The van der Waals surface area contributed by atoms with E-state index in [1.807, 2.05) is 0 Å². The van der Waals surface area contributed by atoms with E-state index >= 15 is 0 Å². The average Bonchev–Trinajstić information content (AvgIpc) is 2.99. The zero-order valence-corrected chi connectivity index (χ0v) is 11.2. The van der Waals surface area contributed by atoms with Crippen LogP contribution in [-0.2, 0) is 0 Å². The zero-order valence-electron chi connectivity index (χ0n) is 11.2. The molecular weight excluding hydrogens is 290 g/mol. The van der Waals surface area contributed by atoms with E-state index in [0.717, 1.165) is 0 Å². The number of amides is 1. The molecule has 4 nitrogen and oxygen atoms in total. The molecule has 110 valence electrons. The van der Waals surface area contributed by atoms with Crippen molar-refractivity contribution in [3.8, 4) is 11.3 Å². The molecule has 6 heteroatoms. The highest BCUT2D eigenvalue weighted by Crippen LogP contribution is 2.21. The van der Waals surface area contributed by atoms with E-state index in [1.54, 1.807) is 12.1 Å². The molecule has 1 heterocycles. The second-order valence-electron chi connectivity index (χ2n) is 4.52. The maximum Gasteiger partial charge on any atom is 0.294 e. The van der Waals surface area contributed by atoms with Gasteiger partial charge in [0.2, 0.25) is 5.76 Å². The number of rotatable bonds is 3. The number of hydrogen-bond acceptors (Lipinski definition) is 3. The average molecular weight is 300 g/mol. The topological polar surface area (TPSA) is 55.1 Å². The number of benzene rings is 2. The summed E-state index contributed by atoms with van der Waals surface area (Å²) >= 11 is 0. The lowest BCUT2D eigenvalue weighted by atomic mass is 10.1. The summed E-state index contributed by atoms with van der Waals surface area (Å²) in [6, 6.07) is 12.9. The molecule has 0 bridgehead atoms. The van der Waals surface area contributed by atoms with Crippen LogP contribution in [0.5, 0.6) is 0 Å².